The van der Waals surface area contributed by atoms with E-state index in [9.17, 15) is 14.0 Å². The lowest BCUT2D eigenvalue weighted by atomic mass is 10.1. The van der Waals surface area contributed by atoms with Gasteiger partial charge in [-0.25, -0.2) is 9.18 Å². The van der Waals surface area contributed by atoms with Crippen LogP contribution in [0.5, 0.6) is 0 Å². The number of hydrogen-bond donors (Lipinski definition) is 2. The number of aryl methyl sites for hydroxylation is 1. The molecule has 1 aliphatic rings. The van der Waals surface area contributed by atoms with Crippen LogP contribution < -0.4 is 10.6 Å². The monoisotopic (exact) mass is 341 g/mol. The fraction of sp³-hybridized carbons (Fsp3) is 0.263. The van der Waals surface area contributed by atoms with Gasteiger partial charge in [0, 0.05) is 30.4 Å². The Morgan fingerprint density at radius 2 is 1.76 bits per heavy atom. The summed E-state index contributed by atoms with van der Waals surface area (Å²) in [7, 11) is 0. The number of amides is 3. The predicted octanol–water partition coefficient (Wildman–Crippen LogP) is 3.17. The molecule has 0 unspecified atom stereocenters. The average Bonchev–Trinajstić information content (AvgIpc) is 3.05. The molecule has 1 heterocycles. The van der Waals surface area contributed by atoms with E-state index in [4.69, 9.17) is 0 Å². The molecule has 0 bridgehead atoms. The third-order valence-corrected chi connectivity index (χ3v) is 4.21. The van der Waals surface area contributed by atoms with Crippen molar-refractivity contribution in [3.05, 3.63) is 65.5 Å². The topological polar surface area (TPSA) is 61.4 Å². The van der Waals surface area contributed by atoms with E-state index in [0.29, 0.717) is 30.8 Å². The zero-order valence-corrected chi connectivity index (χ0v) is 14.0. The van der Waals surface area contributed by atoms with E-state index < -0.39 is 0 Å². The third kappa shape index (κ3) is 4.35. The molecule has 0 radical (unpaired) electrons. The van der Waals surface area contributed by atoms with E-state index in [1.165, 1.54) is 24.3 Å². The molecular formula is C19H20FN3O2. The molecule has 0 aliphatic carbocycles. The van der Waals surface area contributed by atoms with Crippen LogP contribution >= 0.6 is 0 Å². The Morgan fingerprint density at radius 1 is 1.08 bits per heavy atom. The van der Waals surface area contributed by atoms with Crippen LogP contribution in [-0.4, -0.2) is 36.0 Å². The summed E-state index contributed by atoms with van der Waals surface area (Å²) in [6.07, 6.45) is 0.703. The van der Waals surface area contributed by atoms with Gasteiger partial charge in [0.15, 0.2) is 0 Å². The lowest BCUT2D eigenvalue weighted by Gasteiger charge is -2.17. The minimum Gasteiger partial charge on any atom is -0.337 e. The summed E-state index contributed by atoms with van der Waals surface area (Å²) in [6, 6.07) is 12.6. The fourth-order valence-electron chi connectivity index (χ4n) is 2.83. The summed E-state index contributed by atoms with van der Waals surface area (Å²) in [5.74, 6) is -0.379. The van der Waals surface area contributed by atoms with Gasteiger partial charge in [-0.3, -0.25) is 4.79 Å². The molecule has 1 saturated heterocycles. The van der Waals surface area contributed by atoms with E-state index in [2.05, 4.69) is 10.6 Å². The normalized spacial score (nSPS) is 16.6. The molecule has 130 valence electrons. The Hall–Kier alpha value is -2.89. The fourth-order valence-corrected chi connectivity index (χ4v) is 2.83. The molecule has 25 heavy (non-hydrogen) atoms. The zero-order chi connectivity index (χ0) is 17.8. The number of likely N-dealkylation sites (tertiary alicyclic amines) is 1. The minimum atomic E-state index is -0.360. The molecule has 1 aliphatic heterocycles. The van der Waals surface area contributed by atoms with Crippen LogP contribution in [-0.2, 0) is 0 Å². The Morgan fingerprint density at radius 3 is 2.44 bits per heavy atom. The third-order valence-electron chi connectivity index (χ3n) is 4.21. The molecule has 0 spiro atoms. The molecule has 1 fully saturated rings. The highest BCUT2D eigenvalue weighted by molar-refractivity contribution is 5.94. The first-order valence-corrected chi connectivity index (χ1v) is 8.20. The van der Waals surface area contributed by atoms with E-state index in [1.54, 1.807) is 4.90 Å². The number of urea groups is 1. The molecule has 0 aromatic heterocycles. The van der Waals surface area contributed by atoms with Crippen LogP contribution in [0.4, 0.5) is 14.9 Å². The highest BCUT2D eigenvalue weighted by Gasteiger charge is 2.27. The van der Waals surface area contributed by atoms with Crippen molar-refractivity contribution in [2.75, 3.05) is 18.4 Å². The molecule has 2 aromatic carbocycles. The van der Waals surface area contributed by atoms with Crippen LogP contribution in [0.15, 0.2) is 48.5 Å². The first kappa shape index (κ1) is 17.0. The van der Waals surface area contributed by atoms with Gasteiger partial charge in [0.25, 0.3) is 5.91 Å². The first-order chi connectivity index (χ1) is 12.0. The van der Waals surface area contributed by atoms with E-state index in [1.807, 2.05) is 31.2 Å². The summed E-state index contributed by atoms with van der Waals surface area (Å²) in [5, 5.41) is 5.51. The van der Waals surface area contributed by atoms with Gasteiger partial charge in [0.1, 0.15) is 5.82 Å². The number of benzene rings is 2. The standard InChI is InChI=1S/C19H20FN3O2/c1-13-2-4-14(5-3-13)18(24)23-11-10-17(12-23)22-19(25)21-16-8-6-15(20)7-9-16/h2-9,17H,10-12H2,1H3,(H2,21,22,25)/t17-/m0/s1. The quantitative estimate of drug-likeness (QED) is 0.901. The van der Waals surface area contributed by atoms with E-state index in [-0.39, 0.29) is 23.8 Å². The minimum absolute atomic E-state index is 0.0248. The Kier molecular flexibility index (Phi) is 4.97. The van der Waals surface area contributed by atoms with Crippen molar-refractivity contribution in [2.24, 2.45) is 0 Å². The average molecular weight is 341 g/mol. The summed E-state index contributed by atoms with van der Waals surface area (Å²) < 4.78 is 12.9. The van der Waals surface area contributed by atoms with Crippen molar-refractivity contribution in [3.63, 3.8) is 0 Å². The predicted molar refractivity (Wildman–Crippen MR) is 94.0 cm³/mol. The van der Waals surface area contributed by atoms with Gasteiger partial charge in [-0.05, 0) is 49.7 Å². The number of nitrogens with one attached hydrogen (secondary N) is 2. The second kappa shape index (κ2) is 7.34. The van der Waals surface area contributed by atoms with Crippen LogP contribution in [0.2, 0.25) is 0 Å². The van der Waals surface area contributed by atoms with Crippen molar-refractivity contribution in [3.8, 4) is 0 Å². The smallest absolute Gasteiger partial charge is 0.319 e. The number of rotatable bonds is 3. The number of carbonyl (C=O) groups excluding carboxylic acids is 2. The number of halogens is 1. The molecule has 6 heteroatoms. The maximum Gasteiger partial charge on any atom is 0.319 e. The number of carbonyl (C=O) groups is 2. The Labute approximate surface area is 145 Å². The van der Waals surface area contributed by atoms with E-state index in [0.717, 1.165) is 5.56 Å². The maximum absolute atomic E-state index is 12.9. The number of anilines is 1. The largest absolute Gasteiger partial charge is 0.337 e. The highest BCUT2D eigenvalue weighted by atomic mass is 19.1. The van der Waals surface area contributed by atoms with Crippen molar-refractivity contribution in [1.82, 2.24) is 10.2 Å². The van der Waals surface area contributed by atoms with Crippen molar-refractivity contribution < 1.29 is 14.0 Å². The van der Waals surface area contributed by atoms with Gasteiger partial charge < -0.3 is 15.5 Å². The lowest BCUT2D eigenvalue weighted by Crippen LogP contribution is -2.40. The van der Waals surface area contributed by atoms with Gasteiger partial charge in [-0.2, -0.15) is 0 Å². The van der Waals surface area contributed by atoms with Crippen LogP contribution in [0.25, 0.3) is 0 Å². The van der Waals surface area contributed by atoms with Crippen LogP contribution in [0, 0.1) is 12.7 Å². The summed E-state index contributed by atoms with van der Waals surface area (Å²) in [4.78, 5) is 26.2. The molecule has 3 rings (SSSR count). The molecular weight excluding hydrogens is 321 g/mol. The van der Waals surface area contributed by atoms with Crippen molar-refractivity contribution in [2.45, 2.75) is 19.4 Å². The van der Waals surface area contributed by atoms with Gasteiger partial charge >= 0.3 is 6.03 Å². The molecule has 2 N–H and O–H groups in total. The highest BCUT2D eigenvalue weighted by Crippen LogP contribution is 2.15. The SMILES string of the molecule is Cc1ccc(C(=O)N2CC[C@H](NC(=O)Nc3ccc(F)cc3)C2)cc1. The molecule has 1 atom stereocenters. The summed E-state index contributed by atoms with van der Waals surface area (Å²) >= 11 is 0. The van der Waals surface area contributed by atoms with Crippen molar-refractivity contribution in [1.29, 1.82) is 0 Å². The molecule has 3 amide bonds. The van der Waals surface area contributed by atoms with Crippen LogP contribution in [0.1, 0.15) is 22.3 Å². The molecule has 5 nitrogen and oxygen atoms in total. The van der Waals surface area contributed by atoms with Gasteiger partial charge in [-0.1, -0.05) is 17.7 Å². The van der Waals surface area contributed by atoms with Gasteiger partial charge in [-0.15, -0.1) is 0 Å². The summed E-state index contributed by atoms with van der Waals surface area (Å²) in [6.45, 7) is 3.06. The van der Waals surface area contributed by atoms with Crippen molar-refractivity contribution >= 4 is 17.6 Å². The lowest BCUT2D eigenvalue weighted by molar-refractivity contribution is 0.0789. The Bertz CT molecular complexity index is 759. The molecule has 0 saturated carbocycles. The van der Waals surface area contributed by atoms with Crippen LogP contribution in [0.3, 0.4) is 0 Å². The van der Waals surface area contributed by atoms with Gasteiger partial charge in [0.2, 0.25) is 0 Å². The number of hydrogen-bond acceptors (Lipinski definition) is 2. The van der Waals surface area contributed by atoms with Gasteiger partial charge in [0.05, 0.1) is 0 Å². The zero-order valence-electron chi connectivity index (χ0n) is 14.0. The second-order valence-electron chi connectivity index (χ2n) is 6.21. The number of nitrogens with zero attached hydrogens (tertiary/aromatic N) is 1. The first-order valence-electron chi connectivity index (χ1n) is 8.20. The maximum atomic E-state index is 12.9. The Balaban J connectivity index is 1.52. The second-order valence-corrected chi connectivity index (χ2v) is 6.21. The molecule has 2 aromatic rings. The summed E-state index contributed by atoms with van der Waals surface area (Å²) in [5.41, 5.74) is 2.28. The van der Waals surface area contributed by atoms with E-state index >= 15 is 0 Å².